The van der Waals surface area contributed by atoms with Crippen molar-refractivity contribution in [2.45, 2.75) is 46.4 Å². The monoisotopic (exact) mass is 493 g/mol. The van der Waals surface area contributed by atoms with Crippen LogP contribution in [-0.4, -0.2) is 32.8 Å². The Morgan fingerprint density at radius 3 is 2.67 bits per heavy atom. The molecule has 2 aromatic heterocycles. The number of halogens is 1. The summed E-state index contributed by atoms with van der Waals surface area (Å²) >= 11 is 0. The number of aromatic nitrogens is 3. The molecule has 186 valence electrons. The van der Waals surface area contributed by atoms with Gasteiger partial charge >= 0.3 is 11.8 Å². The Labute approximate surface area is 206 Å². The maximum atomic E-state index is 14.8. The number of anilines is 1. The first-order valence-corrected chi connectivity index (χ1v) is 11.1. The summed E-state index contributed by atoms with van der Waals surface area (Å²) in [4.78, 5) is 34.3. The molecule has 0 unspecified atom stereocenters. The zero-order chi connectivity index (χ0) is 26.0. The molecule has 0 fully saturated rings. The quantitative estimate of drug-likeness (QED) is 0.521. The maximum Gasteiger partial charge on any atom is 0.416 e. The summed E-state index contributed by atoms with van der Waals surface area (Å²) in [6.45, 7) is 7.40. The maximum absolute atomic E-state index is 14.8. The number of nitriles is 1. The normalized spacial score (nSPS) is 12.6. The molecule has 1 amide bonds. The van der Waals surface area contributed by atoms with E-state index >= 15 is 0 Å². The fourth-order valence-corrected chi connectivity index (χ4v) is 3.51. The van der Waals surface area contributed by atoms with Crippen LogP contribution in [0.1, 0.15) is 37.6 Å². The van der Waals surface area contributed by atoms with Gasteiger partial charge in [0.25, 0.3) is 0 Å². The van der Waals surface area contributed by atoms with E-state index in [-0.39, 0.29) is 42.6 Å². The van der Waals surface area contributed by atoms with Crippen LogP contribution in [-0.2, 0) is 17.9 Å². The van der Waals surface area contributed by atoms with Crippen molar-refractivity contribution in [2.75, 3.05) is 11.4 Å². The highest BCUT2D eigenvalue weighted by Gasteiger charge is 2.30. The lowest BCUT2D eigenvalue weighted by molar-refractivity contribution is 0.0584. The van der Waals surface area contributed by atoms with Gasteiger partial charge in [-0.25, -0.2) is 14.0 Å². The summed E-state index contributed by atoms with van der Waals surface area (Å²) in [7, 11) is 0. The van der Waals surface area contributed by atoms with Crippen molar-refractivity contribution < 1.29 is 23.4 Å². The minimum absolute atomic E-state index is 0.0349. The van der Waals surface area contributed by atoms with E-state index in [1.54, 1.807) is 39.8 Å². The summed E-state index contributed by atoms with van der Waals surface area (Å²) in [5.41, 5.74) is -0.235. The molecule has 11 heteroatoms. The van der Waals surface area contributed by atoms with Crippen LogP contribution >= 0.6 is 0 Å². The van der Waals surface area contributed by atoms with Gasteiger partial charge in [-0.3, -0.25) is 14.5 Å². The summed E-state index contributed by atoms with van der Waals surface area (Å²) < 4.78 is 32.7. The topological polar surface area (TPSA) is 120 Å². The van der Waals surface area contributed by atoms with Crippen LogP contribution in [0.5, 0.6) is 17.4 Å². The molecule has 0 saturated carbocycles. The number of carbonyl (C=O) groups excluding carboxylic acids is 1. The van der Waals surface area contributed by atoms with Crippen molar-refractivity contribution in [2.24, 2.45) is 0 Å². The Morgan fingerprint density at radius 1 is 1.22 bits per heavy atom. The fraction of sp³-hybridized carbons (Fsp3) is 0.320. The molecule has 1 aliphatic rings. The zero-order valence-corrected chi connectivity index (χ0v) is 20.2. The number of aryl methyl sites for hydroxylation is 1. The number of amides is 1. The molecule has 4 rings (SSSR count). The first-order valence-electron chi connectivity index (χ1n) is 11.1. The lowest BCUT2D eigenvalue weighted by Gasteiger charge is -2.24. The second kappa shape index (κ2) is 9.65. The molecule has 0 atom stereocenters. The third-order valence-electron chi connectivity index (χ3n) is 5.12. The summed E-state index contributed by atoms with van der Waals surface area (Å²) in [6, 6.07) is 9.29. The van der Waals surface area contributed by atoms with Crippen LogP contribution < -0.4 is 20.1 Å². The van der Waals surface area contributed by atoms with Crippen LogP contribution in [0.25, 0.3) is 0 Å². The Bertz CT molecular complexity index is 1410. The van der Waals surface area contributed by atoms with E-state index in [4.69, 9.17) is 14.2 Å². The highest BCUT2D eigenvalue weighted by Crippen LogP contribution is 2.30. The van der Waals surface area contributed by atoms with Gasteiger partial charge in [-0.05, 0) is 57.5 Å². The molecule has 1 aliphatic heterocycles. The Morgan fingerprint density at radius 2 is 2.00 bits per heavy atom. The van der Waals surface area contributed by atoms with E-state index in [2.05, 4.69) is 9.97 Å². The van der Waals surface area contributed by atoms with Gasteiger partial charge in [-0.1, -0.05) is 0 Å². The number of pyridine rings is 1. The van der Waals surface area contributed by atoms with Gasteiger partial charge in [-0.15, -0.1) is 0 Å². The van der Waals surface area contributed by atoms with Crippen molar-refractivity contribution >= 4 is 11.9 Å². The second-order valence-electron chi connectivity index (χ2n) is 9.11. The average molecular weight is 493 g/mol. The lowest BCUT2D eigenvalue weighted by atomic mass is 10.1. The SMILES string of the molecule is Cc1ccc(Oc2c(F)cc(COc3cc4n(c(=O)n3)CCN4C(=O)OC(C)(C)C)cc2C#N)cn1. The van der Waals surface area contributed by atoms with E-state index in [0.29, 0.717) is 11.4 Å². The van der Waals surface area contributed by atoms with Crippen LogP contribution in [0.3, 0.4) is 0 Å². The Hall–Kier alpha value is -4.46. The van der Waals surface area contributed by atoms with Crippen LogP contribution in [0, 0.1) is 24.1 Å². The van der Waals surface area contributed by atoms with Crippen molar-refractivity contribution in [3.63, 3.8) is 0 Å². The number of hydrogen-bond donors (Lipinski definition) is 0. The zero-order valence-electron chi connectivity index (χ0n) is 20.2. The molecule has 0 bridgehead atoms. The molecule has 0 aliphatic carbocycles. The average Bonchev–Trinajstić information content (AvgIpc) is 3.24. The molecule has 0 saturated heterocycles. The Kier molecular flexibility index (Phi) is 6.61. The van der Waals surface area contributed by atoms with Gasteiger partial charge in [0.1, 0.15) is 29.8 Å². The first kappa shape index (κ1) is 24.7. The molecule has 0 N–H and O–H groups in total. The molecule has 10 nitrogen and oxygen atoms in total. The summed E-state index contributed by atoms with van der Waals surface area (Å²) in [5.74, 6) is -0.456. The number of benzene rings is 1. The molecule has 0 spiro atoms. The van der Waals surface area contributed by atoms with E-state index in [1.807, 2.05) is 6.07 Å². The molecule has 3 heterocycles. The van der Waals surface area contributed by atoms with Crippen molar-refractivity contribution in [3.05, 3.63) is 69.7 Å². The van der Waals surface area contributed by atoms with Gasteiger partial charge in [0.2, 0.25) is 5.88 Å². The third-order valence-corrected chi connectivity index (χ3v) is 5.12. The molecule has 0 radical (unpaired) electrons. The van der Waals surface area contributed by atoms with Crippen molar-refractivity contribution in [1.29, 1.82) is 5.26 Å². The molecular formula is C25H24FN5O5. The third kappa shape index (κ3) is 5.43. The minimum atomic E-state index is -0.758. The van der Waals surface area contributed by atoms with E-state index < -0.39 is 23.2 Å². The number of ether oxygens (including phenoxy) is 3. The van der Waals surface area contributed by atoms with Crippen LogP contribution in [0.15, 0.2) is 41.3 Å². The van der Waals surface area contributed by atoms with Crippen LogP contribution in [0.4, 0.5) is 15.0 Å². The smallest absolute Gasteiger partial charge is 0.416 e. The molecule has 3 aromatic rings. The molecule has 1 aromatic carbocycles. The van der Waals surface area contributed by atoms with E-state index in [0.717, 1.165) is 5.69 Å². The largest absolute Gasteiger partial charge is 0.473 e. The number of fused-ring (bicyclic) bond motifs is 1. The standard InChI is InChI=1S/C25H24FN5O5/c1-15-5-6-18(13-28-15)35-22-17(12-27)9-16(10-19(22)26)14-34-20-11-21-30(23(32)29-20)7-8-31(21)24(33)36-25(2,3)4/h5-6,9-11,13H,7-8,14H2,1-4H3. The highest BCUT2D eigenvalue weighted by molar-refractivity contribution is 5.87. The predicted molar refractivity (Wildman–Crippen MR) is 127 cm³/mol. The van der Waals surface area contributed by atoms with E-state index in [1.165, 1.54) is 33.9 Å². The first-order chi connectivity index (χ1) is 17.0. The molecule has 36 heavy (non-hydrogen) atoms. The van der Waals surface area contributed by atoms with Gasteiger partial charge in [0.05, 0.1) is 11.8 Å². The van der Waals surface area contributed by atoms with Gasteiger partial charge < -0.3 is 14.2 Å². The Balaban J connectivity index is 1.53. The van der Waals surface area contributed by atoms with Gasteiger partial charge in [0, 0.05) is 24.8 Å². The number of nitrogens with zero attached hydrogens (tertiary/aromatic N) is 5. The summed E-state index contributed by atoms with van der Waals surface area (Å²) in [5, 5.41) is 9.52. The highest BCUT2D eigenvalue weighted by atomic mass is 19.1. The second-order valence-corrected chi connectivity index (χ2v) is 9.11. The number of hydrogen-bond acceptors (Lipinski definition) is 8. The summed E-state index contributed by atoms with van der Waals surface area (Å²) in [6.07, 6.45) is 0.844. The lowest BCUT2D eigenvalue weighted by Crippen LogP contribution is -2.36. The fourth-order valence-electron chi connectivity index (χ4n) is 3.51. The predicted octanol–water partition coefficient (Wildman–Crippen LogP) is 4.08. The van der Waals surface area contributed by atoms with Crippen molar-refractivity contribution in [1.82, 2.24) is 14.5 Å². The van der Waals surface area contributed by atoms with E-state index in [9.17, 15) is 19.2 Å². The molecular weight excluding hydrogens is 469 g/mol. The van der Waals surface area contributed by atoms with Crippen molar-refractivity contribution in [3.8, 4) is 23.4 Å². The van der Waals surface area contributed by atoms with Gasteiger partial charge in [-0.2, -0.15) is 10.2 Å². The van der Waals surface area contributed by atoms with Crippen LogP contribution in [0.2, 0.25) is 0 Å². The number of rotatable bonds is 5. The number of carbonyl (C=O) groups is 1. The van der Waals surface area contributed by atoms with Gasteiger partial charge in [0.15, 0.2) is 11.6 Å². The minimum Gasteiger partial charge on any atom is -0.473 e.